The van der Waals surface area contributed by atoms with Crippen LogP contribution in [0.15, 0.2) is 18.2 Å². The number of nitrogens with zero attached hydrogens (tertiary/aromatic N) is 4. The van der Waals surface area contributed by atoms with Gasteiger partial charge in [0.15, 0.2) is 5.82 Å². The number of nitrogen functional groups attached to an aromatic ring is 1. The summed E-state index contributed by atoms with van der Waals surface area (Å²) in [5.41, 5.74) is 6.76. The second-order valence-electron chi connectivity index (χ2n) is 4.76. The van der Waals surface area contributed by atoms with E-state index >= 15 is 0 Å². The van der Waals surface area contributed by atoms with Crippen molar-refractivity contribution in [3.63, 3.8) is 0 Å². The number of tetrazole rings is 1. The summed E-state index contributed by atoms with van der Waals surface area (Å²) in [5, 5.41) is 11.7. The number of anilines is 1. The van der Waals surface area contributed by atoms with E-state index in [2.05, 4.69) is 15.5 Å². The Hall–Kier alpha value is -1.83. The molecule has 3 rings (SSSR count). The molecule has 1 aliphatic heterocycles. The molecular formula is C12H14FN5OS. The molecule has 2 heterocycles. The lowest BCUT2D eigenvalue weighted by Crippen LogP contribution is -2.23. The first kappa shape index (κ1) is 13.2. The van der Waals surface area contributed by atoms with Crippen LogP contribution in [0.2, 0.25) is 0 Å². The highest BCUT2D eigenvalue weighted by atomic mass is 32.2. The number of hydrogen-bond donors (Lipinski definition) is 1. The Kier molecular flexibility index (Phi) is 3.47. The lowest BCUT2D eigenvalue weighted by Gasteiger charge is -2.22. The molecule has 106 valence electrons. The van der Waals surface area contributed by atoms with Crippen LogP contribution in [-0.4, -0.2) is 35.9 Å². The zero-order valence-corrected chi connectivity index (χ0v) is 11.5. The van der Waals surface area contributed by atoms with Crippen LogP contribution in [0, 0.1) is 5.82 Å². The molecule has 1 aliphatic rings. The van der Waals surface area contributed by atoms with Crippen molar-refractivity contribution >= 4 is 16.5 Å². The van der Waals surface area contributed by atoms with Crippen LogP contribution in [0.5, 0.6) is 0 Å². The summed E-state index contributed by atoms with van der Waals surface area (Å²) in [4.78, 5) is 0. The Bertz CT molecular complexity index is 649. The summed E-state index contributed by atoms with van der Waals surface area (Å²) in [6.45, 7) is 0. The molecule has 1 saturated heterocycles. The second kappa shape index (κ2) is 5.28. The molecule has 8 heteroatoms. The molecule has 20 heavy (non-hydrogen) atoms. The molecule has 0 saturated carbocycles. The Morgan fingerprint density at radius 1 is 1.35 bits per heavy atom. The number of nitrogens with two attached hydrogens (primary N) is 1. The number of halogens is 1. The molecule has 0 unspecified atom stereocenters. The van der Waals surface area contributed by atoms with Crippen molar-refractivity contribution in [2.24, 2.45) is 0 Å². The van der Waals surface area contributed by atoms with Gasteiger partial charge in [0.25, 0.3) is 0 Å². The molecule has 0 atom stereocenters. The molecule has 0 amide bonds. The zero-order chi connectivity index (χ0) is 14.1. The fraction of sp³-hybridized carbons (Fsp3) is 0.417. The van der Waals surface area contributed by atoms with Crippen LogP contribution in [0.25, 0.3) is 11.4 Å². The third-order valence-electron chi connectivity index (χ3n) is 3.45. The van der Waals surface area contributed by atoms with Gasteiger partial charge in [-0.15, -0.1) is 5.10 Å². The molecule has 6 nitrogen and oxygen atoms in total. The van der Waals surface area contributed by atoms with Gasteiger partial charge in [-0.25, -0.2) is 9.07 Å². The van der Waals surface area contributed by atoms with Crippen molar-refractivity contribution in [1.29, 1.82) is 0 Å². The second-order valence-corrected chi connectivity index (χ2v) is 6.45. The zero-order valence-electron chi connectivity index (χ0n) is 10.7. The van der Waals surface area contributed by atoms with E-state index in [1.165, 1.54) is 12.1 Å². The highest BCUT2D eigenvalue weighted by molar-refractivity contribution is 7.85. The number of rotatable bonds is 2. The summed E-state index contributed by atoms with van der Waals surface area (Å²) in [5.74, 6) is 1.45. The van der Waals surface area contributed by atoms with Crippen molar-refractivity contribution in [2.45, 2.75) is 18.9 Å². The minimum absolute atomic E-state index is 0.113. The van der Waals surface area contributed by atoms with Crippen LogP contribution < -0.4 is 5.73 Å². The molecular weight excluding hydrogens is 281 g/mol. The van der Waals surface area contributed by atoms with E-state index in [-0.39, 0.29) is 6.04 Å². The van der Waals surface area contributed by atoms with E-state index in [4.69, 9.17) is 5.73 Å². The van der Waals surface area contributed by atoms with Crippen LogP contribution in [0.4, 0.5) is 10.1 Å². The molecule has 0 spiro atoms. The van der Waals surface area contributed by atoms with Crippen molar-refractivity contribution < 1.29 is 8.60 Å². The topological polar surface area (TPSA) is 86.7 Å². The van der Waals surface area contributed by atoms with Gasteiger partial charge in [0.1, 0.15) is 5.82 Å². The van der Waals surface area contributed by atoms with Crippen LogP contribution >= 0.6 is 0 Å². The minimum Gasteiger partial charge on any atom is -0.398 e. The van der Waals surface area contributed by atoms with Gasteiger partial charge in [-0.05, 0) is 41.5 Å². The van der Waals surface area contributed by atoms with Crippen LogP contribution in [-0.2, 0) is 10.8 Å². The van der Waals surface area contributed by atoms with Gasteiger partial charge in [0.2, 0.25) is 0 Å². The minimum atomic E-state index is -0.737. The molecule has 2 N–H and O–H groups in total. The maximum absolute atomic E-state index is 13.1. The number of aromatic nitrogens is 4. The molecule has 0 bridgehead atoms. The SMILES string of the molecule is Nc1cc(F)ccc1-c1nnnn1C1CCS(=O)CC1. The maximum Gasteiger partial charge on any atom is 0.184 e. The highest BCUT2D eigenvalue weighted by Crippen LogP contribution is 2.29. The van der Waals surface area contributed by atoms with E-state index in [9.17, 15) is 8.60 Å². The van der Waals surface area contributed by atoms with Gasteiger partial charge in [-0.3, -0.25) is 4.21 Å². The van der Waals surface area contributed by atoms with Gasteiger partial charge in [-0.2, -0.15) is 0 Å². The Morgan fingerprint density at radius 3 is 2.80 bits per heavy atom. The fourth-order valence-electron chi connectivity index (χ4n) is 2.38. The summed E-state index contributed by atoms with van der Waals surface area (Å²) in [6, 6.07) is 4.28. The van der Waals surface area contributed by atoms with Crippen LogP contribution in [0.3, 0.4) is 0 Å². The van der Waals surface area contributed by atoms with E-state index in [1.807, 2.05) is 0 Å². The first-order valence-electron chi connectivity index (χ1n) is 6.33. The average Bonchev–Trinajstić information content (AvgIpc) is 2.88. The van der Waals surface area contributed by atoms with Gasteiger partial charge in [0, 0.05) is 33.6 Å². The highest BCUT2D eigenvalue weighted by Gasteiger charge is 2.24. The normalized spacial score (nSPS) is 22.9. The molecule has 1 aromatic carbocycles. The largest absolute Gasteiger partial charge is 0.398 e. The van der Waals surface area contributed by atoms with Gasteiger partial charge < -0.3 is 5.73 Å². The van der Waals surface area contributed by atoms with Gasteiger partial charge >= 0.3 is 0 Å². The van der Waals surface area contributed by atoms with Crippen molar-refractivity contribution in [2.75, 3.05) is 17.2 Å². The molecule has 1 aromatic heterocycles. The third kappa shape index (κ3) is 2.43. The summed E-state index contributed by atoms with van der Waals surface area (Å²) >= 11 is 0. The fourth-order valence-corrected chi connectivity index (χ4v) is 3.65. The molecule has 1 fully saturated rings. The molecule has 2 aromatic rings. The first-order chi connectivity index (χ1) is 9.65. The lowest BCUT2D eigenvalue weighted by molar-refractivity contribution is 0.415. The van der Waals surface area contributed by atoms with Crippen molar-refractivity contribution in [3.8, 4) is 11.4 Å². The maximum atomic E-state index is 13.1. The van der Waals surface area contributed by atoms with Crippen molar-refractivity contribution in [1.82, 2.24) is 20.2 Å². The number of benzene rings is 1. The summed E-state index contributed by atoms with van der Waals surface area (Å²) in [6.07, 6.45) is 1.54. The quantitative estimate of drug-likeness (QED) is 0.840. The Labute approximate surface area is 117 Å². The molecule has 0 radical (unpaired) electrons. The van der Waals surface area contributed by atoms with E-state index in [0.717, 1.165) is 12.8 Å². The number of hydrogen-bond acceptors (Lipinski definition) is 5. The van der Waals surface area contributed by atoms with E-state index < -0.39 is 16.6 Å². The third-order valence-corrected chi connectivity index (χ3v) is 4.83. The first-order valence-corrected chi connectivity index (χ1v) is 7.82. The Balaban J connectivity index is 1.95. The smallest absolute Gasteiger partial charge is 0.184 e. The standard InChI is InChI=1S/C12H14FN5OS/c13-8-1-2-10(11(14)7-8)12-15-16-17-18(12)9-3-5-20(19)6-4-9/h1-2,7,9H,3-6,14H2. The monoisotopic (exact) mass is 295 g/mol. The predicted octanol–water partition coefficient (Wildman–Crippen LogP) is 1.15. The van der Waals surface area contributed by atoms with E-state index in [1.54, 1.807) is 10.7 Å². The van der Waals surface area contributed by atoms with Crippen molar-refractivity contribution in [3.05, 3.63) is 24.0 Å². The molecule has 0 aliphatic carbocycles. The lowest BCUT2D eigenvalue weighted by atomic mass is 10.1. The van der Waals surface area contributed by atoms with Gasteiger partial charge in [0.05, 0.1) is 6.04 Å². The average molecular weight is 295 g/mol. The summed E-state index contributed by atoms with van der Waals surface area (Å²) < 4.78 is 26.2. The van der Waals surface area contributed by atoms with Gasteiger partial charge in [-0.1, -0.05) is 0 Å². The summed E-state index contributed by atoms with van der Waals surface area (Å²) in [7, 11) is -0.737. The Morgan fingerprint density at radius 2 is 2.10 bits per heavy atom. The van der Waals surface area contributed by atoms with E-state index in [0.29, 0.717) is 28.6 Å². The van der Waals surface area contributed by atoms with Crippen LogP contribution in [0.1, 0.15) is 18.9 Å². The predicted molar refractivity (Wildman–Crippen MR) is 73.8 cm³/mol.